The summed E-state index contributed by atoms with van der Waals surface area (Å²) in [5.41, 5.74) is 1.94. The molecule has 1 saturated heterocycles. The summed E-state index contributed by atoms with van der Waals surface area (Å²) in [5, 5.41) is 0.692. The first-order chi connectivity index (χ1) is 9.67. The van der Waals surface area contributed by atoms with Crippen molar-refractivity contribution in [3.63, 3.8) is 0 Å². The Bertz CT molecular complexity index is 614. The van der Waals surface area contributed by atoms with E-state index in [1.54, 1.807) is 0 Å². The van der Waals surface area contributed by atoms with Crippen LogP contribution in [0.3, 0.4) is 0 Å². The van der Waals surface area contributed by atoms with Crippen LogP contribution in [-0.4, -0.2) is 47.3 Å². The highest BCUT2D eigenvalue weighted by atomic mass is 35.5. The zero-order valence-electron chi connectivity index (χ0n) is 11.4. The Kier molecular flexibility index (Phi) is 4.17. The molecule has 108 valence electrons. The smallest absolute Gasteiger partial charge is 0.124 e. The first-order valence-corrected chi connectivity index (χ1v) is 7.59. The van der Waals surface area contributed by atoms with Crippen LogP contribution in [0.15, 0.2) is 18.2 Å². The van der Waals surface area contributed by atoms with Crippen LogP contribution in [0.5, 0.6) is 0 Å². The fourth-order valence-electron chi connectivity index (χ4n) is 2.64. The molecule has 1 aliphatic rings. The molecule has 0 N–H and O–H groups in total. The Morgan fingerprint density at radius 3 is 3.05 bits per heavy atom. The Balaban J connectivity index is 1.93. The lowest BCUT2D eigenvalue weighted by Crippen LogP contribution is -2.42. The van der Waals surface area contributed by atoms with Crippen LogP contribution in [0.2, 0.25) is 5.02 Å². The summed E-state index contributed by atoms with van der Waals surface area (Å²) in [7, 11) is 2.11. The van der Waals surface area contributed by atoms with Crippen molar-refractivity contribution in [1.29, 1.82) is 0 Å². The molecule has 1 aromatic heterocycles. The van der Waals surface area contributed by atoms with E-state index in [4.69, 9.17) is 27.9 Å². The Hall–Kier alpha value is -0.810. The minimum atomic E-state index is 0.170. The number of morpholine rings is 1. The van der Waals surface area contributed by atoms with Crippen molar-refractivity contribution >= 4 is 34.2 Å². The largest absolute Gasteiger partial charge is 0.374 e. The lowest BCUT2D eigenvalue weighted by Gasteiger charge is -2.30. The van der Waals surface area contributed by atoms with Gasteiger partial charge in [-0.05, 0) is 25.2 Å². The van der Waals surface area contributed by atoms with Gasteiger partial charge in [0.2, 0.25) is 0 Å². The van der Waals surface area contributed by atoms with Gasteiger partial charge in [-0.25, -0.2) is 4.98 Å². The number of ether oxygens (including phenoxy) is 1. The van der Waals surface area contributed by atoms with Gasteiger partial charge >= 0.3 is 0 Å². The van der Waals surface area contributed by atoms with Crippen molar-refractivity contribution in [2.75, 3.05) is 26.7 Å². The van der Waals surface area contributed by atoms with Crippen molar-refractivity contribution in [3.05, 3.63) is 29.0 Å². The van der Waals surface area contributed by atoms with Crippen molar-refractivity contribution in [2.45, 2.75) is 18.5 Å². The second-order valence-corrected chi connectivity index (χ2v) is 5.86. The van der Waals surface area contributed by atoms with Gasteiger partial charge in [-0.1, -0.05) is 11.6 Å². The first kappa shape index (κ1) is 14.1. The molecule has 0 amide bonds. The molecule has 2 heterocycles. The summed E-state index contributed by atoms with van der Waals surface area (Å²) in [6, 6.07) is 5.75. The van der Waals surface area contributed by atoms with Gasteiger partial charge < -0.3 is 14.2 Å². The Labute approximate surface area is 128 Å². The number of halogens is 2. The maximum atomic E-state index is 6.02. The number of hydrogen-bond donors (Lipinski definition) is 0. The maximum absolute atomic E-state index is 6.02. The number of aromatic nitrogens is 2. The summed E-state index contributed by atoms with van der Waals surface area (Å²) in [6.45, 7) is 3.45. The molecule has 2 aromatic rings. The SMILES string of the molecule is CN1CCOC(Cn2c(CCl)nc3cc(Cl)ccc32)C1. The van der Waals surface area contributed by atoms with Crippen LogP contribution < -0.4 is 0 Å². The van der Waals surface area contributed by atoms with Gasteiger partial charge in [-0.15, -0.1) is 11.6 Å². The summed E-state index contributed by atoms with van der Waals surface area (Å²) in [6.07, 6.45) is 0.170. The van der Waals surface area contributed by atoms with Gasteiger partial charge in [-0.3, -0.25) is 0 Å². The molecule has 4 nitrogen and oxygen atoms in total. The highest BCUT2D eigenvalue weighted by Gasteiger charge is 2.20. The monoisotopic (exact) mass is 313 g/mol. The van der Waals surface area contributed by atoms with E-state index >= 15 is 0 Å². The van der Waals surface area contributed by atoms with E-state index in [1.165, 1.54) is 0 Å². The lowest BCUT2D eigenvalue weighted by atomic mass is 10.2. The van der Waals surface area contributed by atoms with E-state index in [9.17, 15) is 0 Å². The lowest BCUT2D eigenvalue weighted by molar-refractivity contribution is -0.0272. The third kappa shape index (κ3) is 2.79. The van der Waals surface area contributed by atoms with Crippen molar-refractivity contribution in [2.24, 2.45) is 0 Å². The normalized spacial score (nSPS) is 20.6. The third-order valence-electron chi connectivity index (χ3n) is 3.64. The fourth-order valence-corrected chi connectivity index (χ4v) is 3.01. The molecule has 6 heteroatoms. The molecule has 1 fully saturated rings. The van der Waals surface area contributed by atoms with E-state index in [-0.39, 0.29) is 6.10 Å². The van der Waals surface area contributed by atoms with Gasteiger partial charge in [0.05, 0.1) is 36.2 Å². The molecule has 0 bridgehead atoms. The van der Waals surface area contributed by atoms with E-state index < -0.39 is 0 Å². The minimum Gasteiger partial charge on any atom is -0.374 e. The van der Waals surface area contributed by atoms with Crippen LogP contribution >= 0.6 is 23.2 Å². The minimum absolute atomic E-state index is 0.170. The number of rotatable bonds is 3. The molecular weight excluding hydrogens is 297 g/mol. The third-order valence-corrected chi connectivity index (χ3v) is 4.11. The second-order valence-electron chi connectivity index (χ2n) is 5.16. The number of hydrogen-bond acceptors (Lipinski definition) is 3. The molecule has 1 atom stereocenters. The quantitative estimate of drug-likeness (QED) is 0.816. The zero-order valence-corrected chi connectivity index (χ0v) is 12.9. The number of benzene rings is 1. The van der Waals surface area contributed by atoms with Crippen LogP contribution in [0.25, 0.3) is 11.0 Å². The van der Waals surface area contributed by atoms with E-state index in [2.05, 4.69) is 21.5 Å². The molecule has 1 unspecified atom stereocenters. The predicted octanol–water partition coefficient (Wildman–Crippen LogP) is 2.76. The fraction of sp³-hybridized carbons (Fsp3) is 0.500. The van der Waals surface area contributed by atoms with E-state index in [1.807, 2.05) is 18.2 Å². The standard InChI is InChI=1S/C14H17Cl2N3O/c1-18-4-5-20-11(8-18)9-19-13-3-2-10(16)6-12(13)17-14(19)7-15/h2-3,6,11H,4-5,7-9H2,1H3. The Morgan fingerprint density at radius 1 is 1.45 bits per heavy atom. The Morgan fingerprint density at radius 2 is 2.30 bits per heavy atom. The van der Waals surface area contributed by atoms with Gasteiger partial charge in [0.25, 0.3) is 0 Å². The van der Waals surface area contributed by atoms with E-state index in [0.717, 1.165) is 43.1 Å². The zero-order chi connectivity index (χ0) is 14.1. The number of alkyl halides is 1. The number of likely N-dealkylation sites (N-methyl/N-ethyl adjacent to an activating group) is 1. The van der Waals surface area contributed by atoms with Crippen LogP contribution in [0.1, 0.15) is 5.82 Å². The molecule has 0 saturated carbocycles. The number of nitrogens with zero attached hydrogens (tertiary/aromatic N) is 3. The maximum Gasteiger partial charge on any atom is 0.124 e. The molecule has 0 radical (unpaired) electrons. The topological polar surface area (TPSA) is 30.3 Å². The summed E-state index contributed by atoms with van der Waals surface area (Å²) < 4.78 is 7.98. The van der Waals surface area contributed by atoms with Crippen molar-refractivity contribution in [3.8, 4) is 0 Å². The van der Waals surface area contributed by atoms with Crippen molar-refractivity contribution in [1.82, 2.24) is 14.5 Å². The highest BCUT2D eigenvalue weighted by Crippen LogP contribution is 2.22. The molecule has 20 heavy (non-hydrogen) atoms. The number of imidazole rings is 1. The molecule has 3 rings (SSSR count). The number of fused-ring (bicyclic) bond motifs is 1. The van der Waals surface area contributed by atoms with Gasteiger partial charge in [0.1, 0.15) is 5.82 Å². The molecule has 1 aliphatic heterocycles. The van der Waals surface area contributed by atoms with Gasteiger partial charge in [0, 0.05) is 18.1 Å². The molecule has 1 aromatic carbocycles. The average molecular weight is 314 g/mol. The van der Waals surface area contributed by atoms with Crippen LogP contribution in [0, 0.1) is 0 Å². The molecular formula is C14H17Cl2N3O. The molecule has 0 aliphatic carbocycles. The highest BCUT2D eigenvalue weighted by molar-refractivity contribution is 6.31. The van der Waals surface area contributed by atoms with E-state index in [0.29, 0.717) is 10.9 Å². The first-order valence-electron chi connectivity index (χ1n) is 6.68. The summed E-state index contributed by atoms with van der Waals surface area (Å²) >= 11 is 12.0. The van der Waals surface area contributed by atoms with Gasteiger partial charge in [-0.2, -0.15) is 0 Å². The average Bonchev–Trinajstić information content (AvgIpc) is 2.76. The predicted molar refractivity (Wildman–Crippen MR) is 81.5 cm³/mol. The molecule has 0 spiro atoms. The van der Waals surface area contributed by atoms with Gasteiger partial charge in [0.15, 0.2) is 0 Å². The summed E-state index contributed by atoms with van der Waals surface area (Å²) in [5.74, 6) is 1.25. The van der Waals surface area contributed by atoms with Crippen LogP contribution in [-0.2, 0) is 17.2 Å². The van der Waals surface area contributed by atoms with Crippen molar-refractivity contribution < 1.29 is 4.74 Å². The second kappa shape index (κ2) is 5.90. The van der Waals surface area contributed by atoms with Crippen LogP contribution in [0.4, 0.5) is 0 Å². The summed E-state index contributed by atoms with van der Waals surface area (Å²) in [4.78, 5) is 6.84.